The van der Waals surface area contributed by atoms with Gasteiger partial charge >= 0.3 is 0 Å². The van der Waals surface area contributed by atoms with E-state index in [-0.39, 0.29) is 5.41 Å². The van der Waals surface area contributed by atoms with Gasteiger partial charge in [0.15, 0.2) is 0 Å². The van der Waals surface area contributed by atoms with Crippen LogP contribution in [0, 0.1) is 0 Å². The van der Waals surface area contributed by atoms with Crippen molar-refractivity contribution in [2.75, 3.05) is 20.1 Å². The Morgan fingerprint density at radius 3 is 2.29 bits per heavy atom. The summed E-state index contributed by atoms with van der Waals surface area (Å²) in [6.07, 6.45) is 1.79. The summed E-state index contributed by atoms with van der Waals surface area (Å²) in [4.78, 5) is 12.1. The zero-order valence-electron chi connectivity index (χ0n) is 10.6. The molecule has 17 heavy (non-hydrogen) atoms. The monoisotopic (exact) mass is 232 g/mol. The summed E-state index contributed by atoms with van der Waals surface area (Å²) in [5.74, 6) is 0.291. The van der Waals surface area contributed by atoms with Gasteiger partial charge in [-0.2, -0.15) is 0 Å². The molecule has 0 saturated carbocycles. The van der Waals surface area contributed by atoms with Gasteiger partial charge in [0.2, 0.25) is 0 Å². The van der Waals surface area contributed by atoms with E-state index >= 15 is 0 Å². The highest BCUT2D eigenvalue weighted by Gasteiger charge is 2.39. The van der Waals surface area contributed by atoms with Crippen molar-refractivity contribution in [1.82, 2.24) is 10.4 Å². The molecule has 1 aliphatic rings. The van der Waals surface area contributed by atoms with E-state index in [9.17, 15) is 4.79 Å². The van der Waals surface area contributed by atoms with Crippen molar-refractivity contribution >= 4 is 5.78 Å². The number of hydrazine groups is 1. The molecule has 0 radical (unpaired) electrons. The van der Waals surface area contributed by atoms with Gasteiger partial charge in [0, 0.05) is 13.1 Å². The molecule has 3 heteroatoms. The Morgan fingerprint density at radius 2 is 1.82 bits per heavy atom. The molecular formula is C14H20N2O. The Bertz CT molecular complexity index is 380. The van der Waals surface area contributed by atoms with Gasteiger partial charge in [-0.25, -0.2) is 5.01 Å². The van der Waals surface area contributed by atoms with Crippen LogP contribution in [-0.2, 0) is 10.2 Å². The van der Waals surface area contributed by atoms with Crippen molar-refractivity contribution in [1.29, 1.82) is 0 Å². The number of rotatable bonds is 3. The Kier molecular flexibility index (Phi) is 3.60. The van der Waals surface area contributed by atoms with Crippen molar-refractivity contribution in [2.45, 2.75) is 25.2 Å². The molecule has 0 atom stereocenters. The molecule has 1 N–H and O–H groups in total. The molecule has 3 nitrogen and oxygen atoms in total. The van der Waals surface area contributed by atoms with Crippen LogP contribution in [0.4, 0.5) is 0 Å². The normalized spacial score (nSPS) is 20.1. The summed E-state index contributed by atoms with van der Waals surface area (Å²) in [6, 6.07) is 10.2. The van der Waals surface area contributed by atoms with Gasteiger partial charge in [-0.1, -0.05) is 30.3 Å². The van der Waals surface area contributed by atoms with Gasteiger partial charge < -0.3 is 0 Å². The molecule has 0 bridgehead atoms. The van der Waals surface area contributed by atoms with E-state index < -0.39 is 0 Å². The molecule has 1 heterocycles. The number of carbonyl (C=O) groups is 1. The minimum Gasteiger partial charge on any atom is -0.299 e. The maximum absolute atomic E-state index is 12.1. The maximum Gasteiger partial charge on any atom is 0.140 e. The standard InChI is InChI=1S/C14H20N2O/c1-12(17)14(13-6-4-3-5-7-13)8-10-16(15-2)11-9-14/h3-7,15H,8-11H2,1-2H3. The molecule has 2 rings (SSSR count). The fourth-order valence-corrected chi connectivity index (χ4v) is 2.71. The predicted molar refractivity (Wildman–Crippen MR) is 68.7 cm³/mol. The molecule has 0 unspecified atom stereocenters. The molecule has 1 aromatic carbocycles. The third-order valence-corrected chi connectivity index (χ3v) is 3.93. The van der Waals surface area contributed by atoms with Crippen molar-refractivity contribution in [3.63, 3.8) is 0 Å². The lowest BCUT2D eigenvalue weighted by Gasteiger charge is -2.40. The maximum atomic E-state index is 12.1. The summed E-state index contributed by atoms with van der Waals surface area (Å²) in [5, 5.41) is 2.17. The highest BCUT2D eigenvalue weighted by molar-refractivity contribution is 5.88. The Labute approximate surface area is 103 Å². The fraction of sp³-hybridized carbons (Fsp3) is 0.500. The summed E-state index contributed by atoms with van der Waals surface area (Å²) in [5.41, 5.74) is 4.05. The molecule has 1 saturated heterocycles. The van der Waals surface area contributed by atoms with Gasteiger partial charge in [0.1, 0.15) is 5.78 Å². The van der Waals surface area contributed by atoms with Gasteiger partial charge in [0.25, 0.3) is 0 Å². The number of benzene rings is 1. The largest absolute Gasteiger partial charge is 0.299 e. The van der Waals surface area contributed by atoms with E-state index in [4.69, 9.17) is 0 Å². The lowest BCUT2D eigenvalue weighted by molar-refractivity contribution is -0.124. The second-order valence-corrected chi connectivity index (χ2v) is 4.71. The molecule has 0 aliphatic carbocycles. The minimum absolute atomic E-state index is 0.269. The second kappa shape index (κ2) is 4.98. The average Bonchev–Trinajstić information content (AvgIpc) is 2.39. The lowest BCUT2D eigenvalue weighted by Crippen LogP contribution is -2.50. The van der Waals surface area contributed by atoms with Crippen LogP contribution in [0.2, 0.25) is 0 Å². The molecular weight excluding hydrogens is 212 g/mol. The molecule has 92 valence electrons. The molecule has 0 aromatic heterocycles. The number of Topliss-reactive ketones (excluding diaryl/α,β-unsaturated/α-hetero) is 1. The first-order valence-corrected chi connectivity index (χ1v) is 6.18. The molecule has 1 fully saturated rings. The zero-order chi connectivity index (χ0) is 12.3. The fourth-order valence-electron chi connectivity index (χ4n) is 2.71. The van der Waals surface area contributed by atoms with Crippen LogP contribution in [0.5, 0.6) is 0 Å². The Morgan fingerprint density at radius 1 is 1.24 bits per heavy atom. The Hall–Kier alpha value is -1.19. The SMILES string of the molecule is CNN1CCC(C(C)=O)(c2ccccc2)CC1. The number of hydrogen-bond donors (Lipinski definition) is 1. The number of carbonyl (C=O) groups excluding carboxylic acids is 1. The zero-order valence-corrected chi connectivity index (χ0v) is 10.6. The number of ketones is 1. The Balaban J connectivity index is 2.27. The quantitative estimate of drug-likeness (QED) is 0.861. The summed E-state index contributed by atoms with van der Waals surface area (Å²) >= 11 is 0. The molecule has 0 amide bonds. The van der Waals surface area contributed by atoms with E-state index in [2.05, 4.69) is 22.6 Å². The first kappa shape index (κ1) is 12.3. The van der Waals surface area contributed by atoms with Crippen molar-refractivity contribution in [2.24, 2.45) is 0 Å². The number of hydrogen-bond acceptors (Lipinski definition) is 3. The summed E-state index contributed by atoms with van der Waals surface area (Å²) in [7, 11) is 1.93. The smallest absolute Gasteiger partial charge is 0.140 e. The van der Waals surface area contributed by atoms with Crippen LogP contribution in [0.15, 0.2) is 30.3 Å². The summed E-state index contributed by atoms with van der Waals surface area (Å²) in [6.45, 7) is 3.57. The van der Waals surface area contributed by atoms with Crippen molar-refractivity contribution in [3.8, 4) is 0 Å². The van der Waals surface area contributed by atoms with Crippen LogP contribution >= 0.6 is 0 Å². The minimum atomic E-state index is -0.269. The van der Waals surface area contributed by atoms with Crippen molar-refractivity contribution < 1.29 is 4.79 Å². The van der Waals surface area contributed by atoms with E-state index in [1.54, 1.807) is 6.92 Å². The van der Waals surface area contributed by atoms with Gasteiger partial charge in [0.05, 0.1) is 5.41 Å². The van der Waals surface area contributed by atoms with Gasteiger partial charge in [-0.3, -0.25) is 10.2 Å². The summed E-state index contributed by atoms with van der Waals surface area (Å²) < 4.78 is 0. The van der Waals surface area contributed by atoms with Crippen LogP contribution in [0.3, 0.4) is 0 Å². The highest BCUT2D eigenvalue weighted by atomic mass is 16.1. The highest BCUT2D eigenvalue weighted by Crippen LogP contribution is 2.35. The van der Waals surface area contributed by atoms with Gasteiger partial charge in [-0.05, 0) is 32.4 Å². The number of piperidine rings is 1. The predicted octanol–water partition coefficient (Wildman–Crippen LogP) is 1.74. The topological polar surface area (TPSA) is 32.3 Å². The third kappa shape index (κ3) is 2.26. The number of nitrogens with zero attached hydrogens (tertiary/aromatic N) is 1. The van der Waals surface area contributed by atoms with E-state index in [0.717, 1.165) is 25.9 Å². The van der Waals surface area contributed by atoms with E-state index in [1.165, 1.54) is 5.56 Å². The van der Waals surface area contributed by atoms with Crippen molar-refractivity contribution in [3.05, 3.63) is 35.9 Å². The lowest BCUT2D eigenvalue weighted by atomic mass is 9.70. The third-order valence-electron chi connectivity index (χ3n) is 3.93. The second-order valence-electron chi connectivity index (χ2n) is 4.71. The van der Waals surface area contributed by atoms with E-state index in [1.807, 2.05) is 25.2 Å². The van der Waals surface area contributed by atoms with Gasteiger partial charge in [-0.15, -0.1) is 0 Å². The molecule has 1 aliphatic heterocycles. The van der Waals surface area contributed by atoms with Crippen LogP contribution < -0.4 is 5.43 Å². The molecule has 0 spiro atoms. The van der Waals surface area contributed by atoms with Crippen LogP contribution in [-0.4, -0.2) is 30.9 Å². The first-order valence-electron chi connectivity index (χ1n) is 6.18. The van der Waals surface area contributed by atoms with Crippen LogP contribution in [0.25, 0.3) is 0 Å². The van der Waals surface area contributed by atoms with E-state index in [0.29, 0.717) is 5.78 Å². The number of nitrogens with one attached hydrogen (secondary N) is 1. The van der Waals surface area contributed by atoms with Crippen LogP contribution in [0.1, 0.15) is 25.3 Å². The average molecular weight is 232 g/mol. The molecule has 1 aromatic rings. The first-order chi connectivity index (χ1) is 8.19.